The molecule has 0 aromatic carbocycles. The van der Waals surface area contributed by atoms with E-state index in [1.54, 1.807) is 0 Å². The normalized spacial score (nSPS) is 13.5. The fraction of sp³-hybridized carbons (Fsp3) is 1.00. The second-order valence-electron chi connectivity index (χ2n) is 9.27. The molecule has 0 amide bonds. The molecular formula is C25H54BrOP. The monoisotopic (exact) mass is 480 g/mol. The van der Waals surface area contributed by atoms with Crippen LogP contribution in [0.3, 0.4) is 0 Å². The molecule has 0 aliphatic rings. The molecule has 0 aliphatic heterocycles. The first kappa shape index (κ1) is 28.9. The molecule has 28 heavy (non-hydrogen) atoms. The van der Waals surface area contributed by atoms with E-state index in [0.717, 1.165) is 13.0 Å². The summed E-state index contributed by atoms with van der Waals surface area (Å²) < 4.78 is 6.38. The molecule has 0 heterocycles. The molecule has 0 atom stereocenters. The Morgan fingerprint density at radius 2 is 0.857 bits per heavy atom. The standard InChI is InChI=1S/C25H54BrOP/c1-5-9-13-14-15-16-17-18-19-20-21-27-25-28(26,22-10-6-2,23-11-7-3)24-12-8-4/h5-25H2,1-4H3. The predicted octanol–water partition coefficient (Wildman–Crippen LogP) is 10.1. The van der Waals surface area contributed by atoms with Crippen LogP contribution < -0.4 is 0 Å². The summed E-state index contributed by atoms with van der Waals surface area (Å²) in [5.74, 6) is 0. The third-order valence-electron chi connectivity index (χ3n) is 6.27. The van der Waals surface area contributed by atoms with Gasteiger partial charge in [-0.05, 0) is 0 Å². The molecule has 0 radical (unpaired) electrons. The molecule has 0 rings (SSSR count). The van der Waals surface area contributed by atoms with Gasteiger partial charge in [0.25, 0.3) is 0 Å². The van der Waals surface area contributed by atoms with Gasteiger partial charge >= 0.3 is 174 Å². The van der Waals surface area contributed by atoms with Gasteiger partial charge in [-0.15, -0.1) is 0 Å². The number of hydrogen-bond donors (Lipinski definition) is 0. The minimum atomic E-state index is -1.85. The van der Waals surface area contributed by atoms with E-state index in [1.807, 2.05) is 0 Å². The minimum absolute atomic E-state index is 0.977. The van der Waals surface area contributed by atoms with E-state index in [-0.39, 0.29) is 0 Å². The summed E-state index contributed by atoms with van der Waals surface area (Å²) >= 11 is 4.43. The summed E-state index contributed by atoms with van der Waals surface area (Å²) in [4.78, 5) is 0. The molecular weight excluding hydrogens is 427 g/mol. The zero-order valence-corrected chi connectivity index (χ0v) is 22.6. The van der Waals surface area contributed by atoms with E-state index in [4.69, 9.17) is 4.74 Å². The molecule has 0 aromatic rings. The average Bonchev–Trinajstić information content (AvgIpc) is 2.71. The zero-order chi connectivity index (χ0) is 21.0. The van der Waals surface area contributed by atoms with Crippen LogP contribution in [0.4, 0.5) is 0 Å². The zero-order valence-electron chi connectivity index (χ0n) is 20.1. The van der Waals surface area contributed by atoms with Gasteiger partial charge in [0.15, 0.2) is 0 Å². The quantitative estimate of drug-likeness (QED) is 0.110. The summed E-state index contributed by atoms with van der Waals surface area (Å²) in [5, 5.41) is -1.85. The third kappa shape index (κ3) is 14.8. The van der Waals surface area contributed by atoms with Gasteiger partial charge in [0, 0.05) is 0 Å². The average molecular weight is 482 g/mol. The van der Waals surface area contributed by atoms with Crippen LogP contribution in [0.5, 0.6) is 0 Å². The topological polar surface area (TPSA) is 9.23 Å². The van der Waals surface area contributed by atoms with Crippen molar-refractivity contribution in [3.8, 4) is 0 Å². The van der Waals surface area contributed by atoms with Crippen LogP contribution in [0.2, 0.25) is 0 Å². The Hall–Kier alpha value is 0.870. The van der Waals surface area contributed by atoms with Crippen molar-refractivity contribution in [3.05, 3.63) is 0 Å². The SMILES string of the molecule is CCCCCCCCCCCCOCP(Br)(CCCC)(CCCC)CCCC. The van der Waals surface area contributed by atoms with Gasteiger partial charge in [-0.25, -0.2) is 0 Å². The Morgan fingerprint density at radius 3 is 1.25 bits per heavy atom. The van der Waals surface area contributed by atoms with Crippen molar-refractivity contribution in [1.82, 2.24) is 0 Å². The van der Waals surface area contributed by atoms with Crippen molar-refractivity contribution in [2.75, 3.05) is 31.4 Å². The number of hydrogen-bond acceptors (Lipinski definition) is 1. The first-order chi connectivity index (χ1) is 13.5. The van der Waals surface area contributed by atoms with Crippen molar-refractivity contribution in [3.63, 3.8) is 0 Å². The first-order valence-corrected chi connectivity index (χ1v) is 17.8. The van der Waals surface area contributed by atoms with E-state index in [2.05, 4.69) is 43.2 Å². The fourth-order valence-corrected chi connectivity index (χ4v) is 11.8. The van der Waals surface area contributed by atoms with E-state index in [1.165, 1.54) is 121 Å². The molecule has 0 aromatic heterocycles. The maximum absolute atomic E-state index is 6.38. The Balaban J connectivity index is 4.12. The Bertz CT molecular complexity index is 310. The van der Waals surface area contributed by atoms with Crippen LogP contribution in [0.1, 0.15) is 130 Å². The van der Waals surface area contributed by atoms with Gasteiger partial charge in [0.1, 0.15) is 0 Å². The van der Waals surface area contributed by atoms with Crippen LogP contribution in [0, 0.1) is 0 Å². The van der Waals surface area contributed by atoms with Crippen LogP contribution in [-0.4, -0.2) is 31.4 Å². The third-order valence-corrected chi connectivity index (χ3v) is 15.2. The molecule has 0 unspecified atom stereocenters. The van der Waals surface area contributed by atoms with Gasteiger partial charge in [-0.1, -0.05) is 13.3 Å². The number of rotatable bonds is 22. The summed E-state index contributed by atoms with van der Waals surface area (Å²) in [6.45, 7) is 10.3. The van der Waals surface area contributed by atoms with Crippen LogP contribution >= 0.6 is 20.8 Å². The van der Waals surface area contributed by atoms with E-state index < -0.39 is 5.31 Å². The van der Waals surface area contributed by atoms with Gasteiger partial charge in [-0.2, -0.15) is 0 Å². The predicted molar refractivity (Wildman–Crippen MR) is 138 cm³/mol. The summed E-state index contributed by atoms with van der Waals surface area (Å²) in [6, 6.07) is 0. The second-order valence-corrected chi connectivity index (χ2v) is 20.5. The molecule has 3 heteroatoms. The number of halogens is 1. The number of unbranched alkanes of at least 4 members (excludes halogenated alkanes) is 12. The molecule has 1 nitrogen and oxygen atoms in total. The molecule has 0 spiro atoms. The maximum atomic E-state index is 6.38. The van der Waals surface area contributed by atoms with E-state index in [9.17, 15) is 0 Å². The summed E-state index contributed by atoms with van der Waals surface area (Å²) in [7, 11) is 0. The van der Waals surface area contributed by atoms with Crippen LogP contribution in [-0.2, 0) is 4.74 Å². The fourth-order valence-electron chi connectivity index (χ4n) is 4.17. The van der Waals surface area contributed by atoms with Crippen molar-refractivity contribution < 1.29 is 4.74 Å². The molecule has 0 fully saturated rings. The summed E-state index contributed by atoms with van der Waals surface area (Å²) in [6.07, 6.45) is 27.2. The van der Waals surface area contributed by atoms with Crippen molar-refractivity contribution in [1.29, 1.82) is 0 Å². The van der Waals surface area contributed by atoms with Gasteiger partial charge < -0.3 is 0 Å². The van der Waals surface area contributed by atoms with E-state index in [0.29, 0.717) is 0 Å². The Kier molecular flexibility index (Phi) is 19.2. The Morgan fingerprint density at radius 1 is 0.500 bits per heavy atom. The molecule has 0 aliphatic carbocycles. The molecule has 0 N–H and O–H groups in total. The van der Waals surface area contributed by atoms with E-state index >= 15 is 0 Å². The van der Waals surface area contributed by atoms with Crippen molar-refractivity contribution in [2.45, 2.75) is 130 Å². The van der Waals surface area contributed by atoms with Gasteiger partial charge in [0.2, 0.25) is 0 Å². The van der Waals surface area contributed by atoms with Gasteiger partial charge in [-0.3, -0.25) is 0 Å². The second kappa shape index (κ2) is 18.6. The van der Waals surface area contributed by atoms with Gasteiger partial charge in [0.05, 0.1) is 0 Å². The molecule has 0 bridgehead atoms. The Labute approximate surface area is 187 Å². The molecule has 0 saturated carbocycles. The summed E-state index contributed by atoms with van der Waals surface area (Å²) in [5.41, 5.74) is 0. The van der Waals surface area contributed by atoms with Crippen LogP contribution in [0.15, 0.2) is 0 Å². The first-order valence-electron chi connectivity index (χ1n) is 12.8. The molecule has 0 saturated heterocycles. The van der Waals surface area contributed by atoms with Crippen LogP contribution in [0.25, 0.3) is 0 Å². The van der Waals surface area contributed by atoms with Crippen molar-refractivity contribution in [2.24, 2.45) is 0 Å². The molecule has 172 valence electrons. The van der Waals surface area contributed by atoms with Crippen molar-refractivity contribution >= 4 is 20.8 Å². The number of ether oxygens (including phenoxy) is 1.